The van der Waals surface area contributed by atoms with Gasteiger partial charge in [0.25, 0.3) is 0 Å². The zero-order valence-corrected chi connectivity index (χ0v) is 19.9. The number of phenolic OH excluding ortho intramolecular Hbond substituents is 1. The van der Waals surface area contributed by atoms with E-state index in [1.165, 1.54) is 0 Å². The van der Waals surface area contributed by atoms with E-state index in [2.05, 4.69) is 55.4 Å². The molecule has 1 aromatic rings. The normalized spacial score (nSPS) is 26.4. The molecule has 0 radical (unpaired) electrons. The first-order valence-corrected chi connectivity index (χ1v) is 12.3. The molecule has 5 heteroatoms. The van der Waals surface area contributed by atoms with Gasteiger partial charge in [0.15, 0.2) is 0 Å². The standard InChI is InChI=1S/C23H39O4P/c1-9-21(4,5)18-12-17(13-19(20(18)24)22(6,7)10-2)14-28(25)26-15-23(8,11-3)16-27-28/h12-13,24H,9-11,14-16H2,1-8H3. The van der Waals surface area contributed by atoms with E-state index in [0.29, 0.717) is 19.0 Å². The minimum atomic E-state index is -3.19. The predicted molar refractivity (Wildman–Crippen MR) is 116 cm³/mol. The summed E-state index contributed by atoms with van der Waals surface area (Å²) in [5, 5.41) is 11.1. The first kappa shape index (κ1) is 23.4. The van der Waals surface area contributed by atoms with E-state index in [0.717, 1.165) is 36.0 Å². The molecule has 4 nitrogen and oxygen atoms in total. The molecule has 2 rings (SSSR count). The van der Waals surface area contributed by atoms with Crippen LogP contribution in [0, 0.1) is 5.41 Å². The summed E-state index contributed by atoms with van der Waals surface area (Å²) in [6.07, 6.45) is 2.97. The molecule has 0 saturated carbocycles. The molecule has 1 fully saturated rings. The Balaban J connectivity index is 2.46. The highest BCUT2D eigenvalue weighted by Gasteiger charge is 2.39. The maximum atomic E-state index is 13.2. The van der Waals surface area contributed by atoms with Crippen LogP contribution in [0.3, 0.4) is 0 Å². The van der Waals surface area contributed by atoms with Crippen LogP contribution in [0.4, 0.5) is 0 Å². The van der Waals surface area contributed by atoms with Crippen molar-refractivity contribution in [2.75, 3.05) is 13.2 Å². The van der Waals surface area contributed by atoms with Gasteiger partial charge in [0.1, 0.15) is 5.75 Å². The Morgan fingerprint density at radius 1 is 1.00 bits per heavy atom. The number of benzene rings is 1. The minimum absolute atomic E-state index is 0.0758. The molecule has 0 aliphatic carbocycles. The molecule has 1 aromatic carbocycles. The van der Waals surface area contributed by atoms with Crippen molar-refractivity contribution < 1.29 is 18.7 Å². The molecule has 0 bridgehead atoms. The highest BCUT2D eigenvalue weighted by atomic mass is 31.2. The molecule has 0 amide bonds. The number of phenols is 1. The lowest BCUT2D eigenvalue weighted by molar-refractivity contribution is 0.0263. The third kappa shape index (κ3) is 4.83. The fraction of sp³-hybridized carbons (Fsp3) is 0.739. The largest absolute Gasteiger partial charge is 0.507 e. The molecule has 1 heterocycles. The Labute approximate surface area is 171 Å². The molecule has 0 unspecified atom stereocenters. The second kappa shape index (κ2) is 8.13. The molecule has 1 N–H and O–H groups in total. The van der Waals surface area contributed by atoms with Crippen LogP contribution in [0.25, 0.3) is 0 Å². The Kier molecular flexibility index (Phi) is 6.81. The van der Waals surface area contributed by atoms with Crippen molar-refractivity contribution in [3.63, 3.8) is 0 Å². The Hall–Kier alpha value is -0.830. The van der Waals surface area contributed by atoms with Gasteiger partial charge in [-0.05, 0) is 35.7 Å². The van der Waals surface area contributed by atoms with Crippen LogP contribution in [0.15, 0.2) is 12.1 Å². The second-order valence-corrected chi connectivity index (χ2v) is 12.0. The van der Waals surface area contributed by atoms with E-state index in [9.17, 15) is 9.67 Å². The summed E-state index contributed by atoms with van der Waals surface area (Å²) < 4.78 is 24.8. The van der Waals surface area contributed by atoms with Gasteiger partial charge in [0.05, 0.1) is 19.4 Å². The monoisotopic (exact) mass is 410 g/mol. The van der Waals surface area contributed by atoms with Gasteiger partial charge in [0, 0.05) is 16.5 Å². The van der Waals surface area contributed by atoms with E-state index in [4.69, 9.17) is 9.05 Å². The summed E-state index contributed by atoms with van der Waals surface area (Å²) in [6.45, 7) is 17.9. The van der Waals surface area contributed by atoms with Gasteiger partial charge in [0.2, 0.25) is 0 Å². The fourth-order valence-corrected chi connectivity index (χ4v) is 5.21. The topological polar surface area (TPSA) is 55.8 Å². The van der Waals surface area contributed by atoms with Crippen LogP contribution in [0.2, 0.25) is 0 Å². The highest BCUT2D eigenvalue weighted by Crippen LogP contribution is 2.57. The SMILES string of the molecule is CCC1(C)COP(=O)(Cc2cc(C(C)(C)CC)c(O)c(C(C)(C)CC)c2)OC1. The lowest BCUT2D eigenvalue weighted by Gasteiger charge is -2.36. The Bertz CT molecular complexity index is 702. The predicted octanol–water partition coefficient (Wildman–Crippen LogP) is 6.92. The second-order valence-electron chi connectivity index (χ2n) is 9.99. The van der Waals surface area contributed by atoms with E-state index in [1.54, 1.807) is 0 Å². The summed E-state index contributed by atoms with van der Waals surface area (Å²) in [5.74, 6) is 0.366. The molecule has 1 aliphatic rings. The summed E-state index contributed by atoms with van der Waals surface area (Å²) in [6, 6.07) is 3.99. The quantitative estimate of drug-likeness (QED) is 0.496. The van der Waals surface area contributed by atoms with Crippen molar-refractivity contribution in [1.82, 2.24) is 0 Å². The van der Waals surface area contributed by atoms with Gasteiger partial charge in [-0.15, -0.1) is 0 Å². The lowest BCUT2D eigenvalue weighted by Crippen LogP contribution is -2.32. The van der Waals surface area contributed by atoms with Gasteiger partial charge in [-0.1, -0.05) is 67.5 Å². The summed E-state index contributed by atoms with van der Waals surface area (Å²) in [4.78, 5) is 0. The maximum absolute atomic E-state index is 13.2. The Morgan fingerprint density at radius 2 is 1.43 bits per heavy atom. The third-order valence-electron chi connectivity index (χ3n) is 6.84. The average molecular weight is 411 g/mol. The molecular weight excluding hydrogens is 371 g/mol. The molecule has 0 spiro atoms. The van der Waals surface area contributed by atoms with Gasteiger partial charge in [-0.2, -0.15) is 0 Å². The molecule has 28 heavy (non-hydrogen) atoms. The number of hydrogen-bond acceptors (Lipinski definition) is 4. The van der Waals surface area contributed by atoms with Crippen LogP contribution < -0.4 is 0 Å². The van der Waals surface area contributed by atoms with Gasteiger partial charge < -0.3 is 14.2 Å². The molecule has 0 aromatic heterocycles. The van der Waals surface area contributed by atoms with Crippen LogP contribution in [0.5, 0.6) is 5.75 Å². The third-order valence-corrected chi connectivity index (χ3v) is 8.64. The highest BCUT2D eigenvalue weighted by molar-refractivity contribution is 7.53. The molecule has 0 atom stereocenters. The molecular formula is C23H39O4P. The van der Waals surface area contributed by atoms with Gasteiger partial charge >= 0.3 is 7.60 Å². The summed E-state index contributed by atoms with van der Waals surface area (Å²) >= 11 is 0. The zero-order valence-electron chi connectivity index (χ0n) is 19.0. The molecule has 1 aliphatic heterocycles. The van der Waals surface area contributed by atoms with Crippen LogP contribution in [-0.2, 0) is 30.6 Å². The van der Waals surface area contributed by atoms with E-state index in [1.807, 2.05) is 12.1 Å². The Morgan fingerprint density at radius 3 is 1.79 bits per heavy atom. The fourth-order valence-electron chi connectivity index (χ4n) is 3.30. The van der Waals surface area contributed by atoms with Crippen LogP contribution in [0.1, 0.15) is 91.3 Å². The molecule has 160 valence electrons. The maximum Gasteiger partial charge on any atom is 0.335 e. The first-order chi connectivity index (χ1) is 12.8. The number of rotatable bonds is 7. The van der Waals surface area contributed by atoms with Crippen LogP contribution in [-0.4, -0.2) is 18.3 Å². The summed E-state index contributed by atoms with van der Waals surface area (Å²) in [5.41, 5.74) is 2.30. The average Bonchev–Trinajstić information content (AvgIpc) is 2.65. The minimum Gasteiger partial charge on any atom is -0.507 e. The van der Waals surface area contributed by atoms with Gasteiger partial charge in [-0.25, -0.2) is 0 Å². The van der Waals surface area contributed by atoms with Crippen molar-refractivity contribution in [2.24, 2.45) is 5.41 Å². The van der Waals surface area contributed by atoms with Crippen molar-refractivity contribution >= 4 is 7.60 Å². The van der Waals surface area contributed by atoms with E-state index in [-0.39, 0.29) is 22.4 Å². The first-order valence-electron chi connectivity index (χ1n) is 10.6. The zero-order chi connectivity index (χ0) is 21.4. The van der Waals surface area contributed by atoms with Crippen LogP contribution >= 0.6 is 7.60 Å². The molecule has 1 saturated heterocycles. The van der Waals surface area contributed by atoms with E-state index >= 15 is 0 Å². The van der Waals surface area contributed by atoms with E-state index < -0.39 is 7.60 Å². The van der Waals surface area contributed by atoms with Crippen molar-refractivity contribution in [1.29, 1.82) is 0 Å². The number of aromatic hydroxyl groups is 1. The van der Waals surface area contributed by atoms with Crippen molar-refractivity contribution in [3.05, 3.63) is 28.8 Å². The lowest BCUT2D eigenvalue weighted by atomic mass is 9.75. The van der Waals surface area contributed by atoms with Crippen molar-refractivity contribution in [3.8, 4) is 5.75 Å². The summed E-state index contributed by atoms with van der Waals surface area (Å²) in [7, 11) is -3.19. The van der Waals surface area contributed by atoms with Gasteiger partial charge in [-0.3, -0.25) is 4.57 Å². The number of hydrogen-bond donors (Lipinski definition) is 1. The van der Waals surface area contributed by atoms with Crippen molar-refractivity contribution in [2.45, 2.75) is 91.6 Å². The smallest absolute Gasteiger partial charge is 0.335 e.